The second-order valence-electron chi connectivity index (χ2n) is 16.8. The van der Waals surface area contributed by atoms with E-state index < -0.39 is 24.6 Å². The van der Waals surface area contributed by atoms with E-state index in [1.165, 1.54) is 162 Å². The molecule has 0 heterocycles. The Kier molecular flexibility index (Phi) is 15.8. The molecule has 4 aromatic carbocycles. The van der Waals surface area contributed by atoms with Crippen molar-refractivity contribution in [3.63, 3.8) is 0 Å². The molecule has 0 N–H and O–H groups in total. The molecule has 0 saturated heterocycles. The third kappa shape index (κ3) is 9.56. The minimum absolute atomic E-state index is 0.115. The zero-order chi connectivity index (χ0) is 38.4. The van der Waals surface area contributed by atoms with E-state index in [1.54, 1.807) is 22.3 Å². The SMILES string of the molecule is CCCCCCC1(CCCCCC)c2ccccc2-c2ccc(C#[C][Hg][C]#Cc3ccc4c(c3)C(CCCCCC)(CCCCCC)c3ccccc3-4)cc21. The average Bonchev–Trinajstić information content (AvgIpc) is 3.64. The van der Waals surface area contributed by atoms with Gasteiger partial charge in [0.1, 0.15) is 0 Å². The van der Waals surface area contributed by atoms with Gasteiger partial charge in [0.15, 0.2) is 0 Å². The maximum absolute atomic E-state index is 3.69. The Hall–Kier alpha value is -3.06. The number of hydrogen-bond acceptors (Lipinski definition) is 0. The van der Waals surface area contributed by atoms with Gasteiger partial charge in [-0.15, -0.1) is 0 Å². The number of hydrogen-bond donors (Lipinski definition) is 0. The molecule has 0 radical (unpaired) electrons. The Bertz CT molecular complexity index is 1800. The van der Waals surface area contributed by atoms with E-state index in [4.69, 9.17) is 0 Å². The molecule has 0 atom stereocenters. The summed E-state index contributed by atoms with van der Waals surface area (Å²) in [7, 11) is 0. The predicted octanol–water partition coefficient (Wildman–Crippen LogP) is 15.5. The average molecular weight is 916 g/mol. The van der Waals surface area contributed by atoms with Crippen LogP contribution >= 0.6 is 0 Å². The second kappa shape index (κ2) is 20.9. The number of rotatable bonds is 20. The van der Waals surface area contributed by atoms with Crippen molar-refractivity contribution in [3.05, 3.63) is 118 Å². The van der Waals surface area contributed by atoms with E-state index >= 15 is 0 Å². The summed E-state index contributed by atoms with van der Waals surface area (Å²) in [6, 6.07) is 32.9. The fourth-order valence-corrected chi connectivity index (χ4v) is 12.8. The van der Waals surface area contributed by atoms with Crippen LogP contribution in [0.4, 0.5) is 0 Å². The van der Waals surface area contributed by atoms with E-state index in [9.17, 15) is 0 Å². The predicted molar refractivity (Wildman–Crippen MR) is 234 cm³/mol. The summed E-state index contributed by atoms with van der Waals surface area (Å²) in [6.45, 7) is 9.29. The number of unbranched alkanes of at least 4 members (excludes halogenated alkanes) is 12. The van der Waals surface area contributed by atoms with Crippen molar-refractivity contribution in [1.82, 2.24) is 0 Å². The molecule has 1 heteroatoms. The molecule has 0 aromatic heterocycles. The quantitative estimate of drug-likeness (QED) is 0.0471. The summed E-state index contributed by atoms with van der Waals surface area (Å²) in [5.74, 6) is 7.32. The van der Waals surface area contributed by atoms with Crippen molar-refractivity contribution < 1.29 is 24.6 Å². The summed E-state index contributed by atoms with van der Waals surface area (Å²) in [4.78, 5) is 0. The van der Waals surface area contributed by atoms with Gasteiger partial charge in [0.25, 0.3) is 0 Å². The van der Waals surface area contributed by atoms with Gasteiger partial charge in [-0.2, -0.15) is 0 Å². The topological polar surface area (TPSA) is 0 Å². The Morgan fingerprint density at radius 2 is 0.727 bits per heavy atom. The Balaban J connectivity index is 1.24. The van der Waals surface area contributed by atoms with Crippen molar-refractivity contribution in [1.29, 1.82) is 0 Å². The fourth-order valence-electron chi connectivity index (χ4n) is 10.1. The van der Waals surface area contributed by atoms with E-state index in [0.717, 1.165) is 0 Å². The molecule has 0 amide bonds. The summed E-state index contributed by atoms with van der Waals surface area (Å²) < 4.78 is 7.38. The van der Waals surface area contributed by atoms with Gasteiger partial charge in [0.05, 0.1) is 0 Å². The van der Waals surface area contributed by atoms with Gasteiger partial charge in [0, 0.05) is 0 Å². The molecule has 0 unspecified atom stereocenters. The Morgan fingerprint density at radius 1 is 0.382 bits per heavy atom. The Morgan fingerprint density at radius 3 is 1.09 bits per heavy atom. The number of fused-ring (bicyclic) bond motifs is 6. The van der Waals surface area contributed by atoms with Crippen LogP contribution in [0.2, 0.25) is 0 Å². The van der Waals surface area contributed by atoms with E-state index in [-0.39, 0.29) is 10.8 Å². The molecule has 0 aliphatic heterocycles. The third-order valence-electron chi connectivity index (χ3n) is 13.0. The monoisotopic (exact) mass is 916 g/mol. The first-order valence-corrected chi connectivity index (χ1v) is 28.1. The molecule has 0 nitrogen and oxygen atoms in total. The van der Waals surface area contributed by atoms with Gasteiger partial charge < -0.3 is 0 Å². The van der Waals surface area contributed by atoms with Crippen LogP contribution in [-0.4, -0.2) is 0 Å². The van der Waals surface area contributed by atoms with Crippen LogP contribution in [0.1, 0.15) is 189 Å². The zero-order valence-electron chi connectivity index (χ0n) is 34.9. The van der Waals surface area contributed by atoms with E-state index in [1.807, 2.05) is 0 Å². The molecule has 2 aliphatic carbocycles. The summed E-state index contributed by atoms with van der Waals surface area (Å²) in [6.07, 6.45) is 25.9. The second-order valence-corrected chi connectivity index (χ2v) is 20.9. The fraction of sp³-hybridized carbons (Fsp3) is 0.481. The van der Waals surface area contributed by atoms with Crippen LogP contribution in [0.15, 0.2) is 84.9 Å². The van der Waals surface area contributed by atoms with Crippen molar-refractivity contribution in [2.75, 3.05) is 0 Å². The molecule has 55 heavy (non-hydrogen) atoms. The first-order chi connectivity index (χ1) is 27.1. The normalized spacial score (nSPS) is 13.7. The molecule has 0 bridgehead atoms. The third-order valence-corrected chi connectivity index (χ3v) is 15.8. The van der Waals surface area contributed by atoms with Crippen molar-refractivity contribution in [2.24, 2.45) is 0 Å². The van der Waals surface area contributed by atoms with Crippen LogP contribution in [0.3, 0.4) is 0 Å². The maximum atomic E-state index is 3.69. The molecule has 4 aromatic rings. The van der Waals surface area contributed by atoms with Crippen LogP contribution in [-0.2, 0) is 35.4 Å². The molecule has 2 aliphatic rings. The number of benzene rings is 4. The molecule has 0 fully saturated rings. The van der Waals surface area contributed by atoms with Crippen molar-refractivity contribution in [3.8, 4) is 41.0 Å². The first-order valence-electron chi connectivity index (χ1n) is 22.6. The van der Waals surface area contributed by atoms with Crippen molar-refractivity contribution in [2.45, 2.75) is 167 Å². The summed E-state index contributed by atoms with van der Waals surface area (Å²) in [5, 5.41) is 0. The first kappa shape index (κ1) is 41.6. The Labute approximate surface area is 348 Å². The minimum atomic E-state index is -1.72. The van der Waals surface area contributed by atoms with Gasteiger partial charge in [-0.3, -0.25) is 0 Å². The molecule has 6 rings (SSSR count). The molecular formula is C54H66Hg. The van der Waals surface area contributed by atoms with Gasteiger partial charge in [-0.1, -0.05) is 0 Å². The van der Waals surface area contributed by atoms with Gasteiger partial charge >= 0.3 is 351 Å². The molecule has 0 spiro atoms. The van der Waals surface area contributed by atoms with Gasteiger partial charge in [-0.25, -0.2) is 0 Å². The van der Waals surface area contributed by atoms with Crippen LogP contribution in [0.5, 0.6) is 0 Å². The van der Waals surface area contributed by atoms with Crippen LogP contribution in [0, 0.1) is 18.7 Å². The summed E-state index contributed by atoms with van der Waals surface area (Å²) >= 11 is -1.72. The van der Waals surface area contributed by atoms with E-state index in [0.29, 0.717) is 0 Å². The summed E-state index contributed by atoms with van der Waals surface area (Å²) in [5.41, 5.74) is 14.6. The van der Waals surface area contributed by atoms with Crippen molar-refractivity contribution >= 4 is 0 Å². The van der Waals surface area contributed by atoms with E-state index in [2.05, 4.69) is 131 Å². The molecule has 284 valence electrons. The standard InChI is InChI=1S/2C27H33.Hg/c2*1-4-7-9-13-19-27(20-14-10-8-5-2)25-16-12-11-15-23(25)24-18-17-22(6-3)21-26(24)27;/h2*11-12,15-18,21H,4-5,7-10,13-14,19-20H2,1-2H3;. The van der Waals surface area contributed by atoms with Gasteiger partial charge in [0.2, 0.25) is 0 Å². The zero-order valence-corrected chi connectivity index (χ0v) is 40.4. The van der Waals surface area contributed by atoms with Gasteiger partial charge in [-0.05, 0) is 0 Å². The van der Waals surface area contributed by atoms with Crippen LogP contribution in [0.25, 0.3) is 22.3 Å². The molecular weight excluding hydrogens is 849 g/mol. The van der Waals surface area contributed by atoms with Crippen LogP contribution < -0.4 is 0 Å². The molecule has 0 saturated carbocycles.